The third kappa shape index (κ3) is 4.87. The Balaban J connectivity index is 2.21. The van der Waals surface area contributed by atoms with Crippen LogP contribution in [0.5, 0.6) is 5.88 Å². The van der Waals surface area contributed by atoms with E-state index in [0.29, 0.717) is 19.0 Å². The number of nitrogens with two attached hydrogens (primary N) is 1. The van der Waals surface area contributed by atoms with E-state index in [1.807, 2.05) is 5.32 Å². The molecule has 1 aromatic heterocycles. The van der Waals surface area contributed by atoms with Gasteiger partial charge in [0.25, 0.3) is 5.91 Å². The number of nitrogens with one attached hydrogen (secondary N) is 1. The van der Waals surface area contributed by atoms with Crippen LogP contribution in [0.1, 0.15) is 23.7 Å². The van der Waals surface area contributed by atoms with E-state index in [0.717, 1.165) is 25.3 Å². The lowest BCUT2D eigenvalue weighted by molar-refractivity contribution is -0.149. The first-order valence-electron chi connectivity index (χ1n) is 9.42. The highest BCUT2D eigenvalue weighted by Gasteiger charge is 2.38. The van der Waals surface area contributed by atoms with Crippen LogP contribution in [0.4, 0.5) is 27.6 Å². The molecule has 31 heavy (non-hydrogen) atoms. The fraction of sp³-hybridized carbons (Fsp3) is 0.400. The summed E-state index contributed by atoms with van der Waals surface area (Å²) in [5, 5.41) is 1.90. The maximum absolute atomic E-state index is 13.9. The van der Waals surface area contributed by atoms with Crippen LogP contribution in [0.25, 0.3) is 11.1 Å². The van der Waals surface area contributed by atoms with Crippen LogP contribution in [0.2, 0.25) is 0 Å². The minimum Gasteiger partial charge on any atom is -0.480 e. The van der Waals surface area contributed by atoms with Crippen LogP contribution in [-0.2, 0) is 0 Å². The van der Waals surface area contributed by atoms with Crippen molar-refractivity contribution >= 4 is 11.6 Å². The molecular formula is C20H21F5N4O2. The standard InChI is InChI=1S/C20H21F5N4O2/c1-10(20(23,24)25)28-18(30)15-8-27-19(31-2)16(11-5-12(21)7-13(22)6-11)17(15)29-4-3-14(26)9-29/h5-8,10,14H,3-4,9,26H2,1-2H3,(H,28,30)/t10-,14-/m0/s1. The first kappa shape index (κ1) is 22.7. The van der Waals surface area contributed by atoms with Crippen molar-refractivity contribution in [2.75, 3.05) is 25.1 Å². The van der Waals surface area contributed by atoms with Gasteiger partial charge >= 0.3 is 6.18 Å². The summed E-state index contributed by atoms with van der Waals surface area (Å²) in [6.45, 7) is 1.48. The topological polar surface area (TPSA) is 80.5 Å². The van der Waals surface area contributed by atoms with Gasteiger partial charge in [-0.15, -0.1) is 0 Å². The predicted molar refractivity (Wildman–Crippen MR) is 104 cm³/mol. The monoisotopic (exact) mass is 444 g/mol. The number of benzene rings is 1. The van der Waals surface area contributed by atoms with Crippen LogP contribution in [0.3, 0.4) is 0 Å². The zero-order valence-corrected chi connectivity index (χ0v) is 16.8. The normalized spacial score (nSPS) is 17.5. The van der Waals surface area contributed by atoms with Crippen LogP contribution in [0, 0.1) is 11.6 Å². The van der Waals surface area contributed by atoms with Gasteiger partial charge < -0.3 is 20.7 Å². The summed E-state index contributed by atoms with van der Waals surface area (Å²) in [5.41, 5.74) is 6.05. The van der Waals surface area contributed by atoms with Crippen LogP contribution in [-0.4, -0.2) is 49.4 Å². The second kappa shape index (κ2) is 8.66. The number of hydrogen-bond donors (Lipinski definition) is 2. The van der Waals surface area contributed by atoms with E-state index in [1.165, 1.54) is 7.11 Å². The number of hydrogen-bond acceptors (Lipinski definition) is 5. The van der Waals surface area contributed by atoms with Crippen molar-refractivity contribution in [2.45, 2.75) is 31.6 Å². The fourth-order valence-corrected chi connectivity index (χ4v) is 3.44. The van der Waals surface area contributed by atoms with Gasteiger partial charge in [-0.1, -0.05) is 0 Å². The molecule has 2 heterocycles. The number of alkyl halides is 3. The van der Waals surface area contributed by atoms with Crippen molar-refractivity contribution in [1.82, 2.24) is 10.3 Å². The van der Waals surface area contributed by atoms with E-state index in [4.69, 9.17) is 10.5 Å². The molecular weight excluding hydrogens is 423 g/mol. The van der Waals surface area contributed by atoms with Crippen molar-refractivity contribution in [3.05, 3.63) is 41.6 Å². The van der Waals surface area contributed by atoms with Gasteiger partial charge in [-0.3, -0.25) is 4.79 Å². The van der Waals surface area contributed by atoms with Crippen LogP contribution in [0.15, 0.2) is 24.4 Å². The lowest BCUT2D eigenvalue weighted by atomic mass is 10.00. The Morgan fingerprint density at radius 1 is 1.29 bits per heavy atom. The fourth-order valence-electron chi connectivity index (χ4n) is 3.44. The SMILES string of the molecule is COc1ncc(C(=O)N[C@@H](C)C(F)(F)F)c(N2CC[C@H](N)C2)c1-c1cc(F)cc(F)c1. The largest absolute Gasteiger partial charge is 0.480 e. The number of rotatable bonds is 5. The summed E-state index contributed by atoms with van der Waals surface area (Å²) in [4.78, 5) is 18.5. The summed E-state index contributed by atoms with van der Waals surface area (Å²) in [7, 11) is 1.28. The van der Waals surface area contributed by atoms with E-state index in [2.05, 4.69) is 4.98 Å². The maximum Gasteiger partial charge on any atom is 0.408 e. The quantitative estimate of drug-likeness (QED) is 0.693. The number of nitrogens with zero attached hydrogens (tertiary/aromatic N) is 2. The molecule has 0 aliphatic carbocycles. The number of methoxy groups -OCH3 is 1. The molecule has 0 radical (unpaired) electrons. The minimum absolute atomic E-state index is 0.0239. The Kier molecular flexibility index (Phi) is 6.35. The zero-order chi connectivity index (χ0) is 22.9. The van der Waals surface area contributed by atoms with E-state index in [-0.39, 0.29) is 40.8 Å². The number of carbonyl (C=O) groups is 1. The third-order valence-electron chi connectivity index (χ3n) is 4.99. The highest BCUT2D eigenvalue weighted by atomic mass is 19.4. The minimum atomic E-state index is -4.65. The second-order valence-corrected chi connectivity index (χ2v) is 7.29. The molecule has 2 aromatic rings. The predicted octanol–water partition coefficient (Wildman–Crippen LogP) is 3.25. The van der Waals surface area contributed by atoms with Crippen molar-refractivity contribution in [2.24, 2.45) is 5.73 Å². The van der Waals surface area contributed by atoms with Gasteiger partial charge in [0.15, 0.2) is 0 Å². The van der Waals surface area contributed by atoms with Gasteiger partial charge in [0.1, 0.15) is 17.7 Å². The van der Waals surface area contributed by atoms with Crippen molar-refractivity contribution < 1.29 is 31.5 Å². The Morgan fingerprint density at radius 3 is 2.45 bits per heavy atom. The molecule has 11 heteroatoms. The molecule has 168 valence electrons. The molecule has 1 aliphatic heterocycles. The molecule has 1 aromatic carbocycles. The Morgan fingerprint density at radius 2 is 1.94 bits per heavy atom. The second-order valence-electron chi connectivity index (χ2n) is 7.29. The van der Waals surface area contributed by atoms with Crippen LogP contribution >= 0.6 is 0 Å². The first-order valence-corrected chi connectivity index (χ1v) is 9.42. The number of pyridine rings is 1. The Labute approximate surface area is 175 Å². The van der Waals surface area contributed by atoms with Gasteiger partial charge in [0, 0.05) is 31.4 Å². The highest BCUT2D eigenvalue weighted by Crippen LogP contribution is 2.41. The molecule has 0 spiro atoms. The summed E-state index contributed by atoms with van der Waals surface area (Å²) in [6.07, 6.45) is -3.02. The lowest BCUT2D eigenvalue weighted by Crippen LogP contribution is -2.43. The molecule has 1 aliphatic rings. The van der Waals surface area contributed by atoms with Crippen molar-refractivity contribution in [3.63, 3.8) is 0 Å². The molecule has 3 N–H and O–H groups in total. The smallest absolute Gasteiger partial charge is 0.408 e. The molecule has 1 fully saturated rings. The Bertz CT molecular complexity index is 963. The lowest BCUT2D eigenvalue weighted by Gasteiger charge is -2.26. The summed E-state index contributed by atoms with van der Waals surface area (Å²) in [5.74, 6) is -2.82. The van der Waals surface area contributed by atoms with E-state index in [1.54, 1.807) is 4.90 Å². The number of carbonyl (C=O) groups excluding carboxylic acids is 1. The van der Waals surface area contributed by atoms with Gasteiger partial charge in [-0.2, -0.15) is 13.2 Å². The number of amides is 1. The molecule has 1 amide bonds. The summed E-state index contributed by atoms with van der Waals surface area (Å²) in [6, 6.07) is 0.368. The van der Waals surface area contributed by atoms with Crippen molar-refractivity contribution in [3.8, 4) is 17.0 Å². The molecule has 0 saturated carbocycles. The van der Waals surface area contributed by atoms with Gasteiger partial charge in [0.2, 0.25) is 5.88 Å². The van der Waals surface area contributed by atoms with E-state index < -0.39 is 29.8 Å². The number of anilines is 1. The van der Waals surface area contributed by atoms with Gasteiger partial charge in [-0.25, -0.2) is 13.8 Å². The molecule has 3 rings (SSSR count). The average molecular weight is 444 g/mol. The molecule has 0 bridgehead atoms. The zero-order valence-electron chi connectivity index (χ0n) is 16.8. The molecule has 0 unspecified atom stereocenters. The number of halogens is 5. The maximum atomic E-state index is 13.9. The van der Waals surface area contributed by atoms with E-state index in [9.17, 15) is 26.7 Å². The Hall–Kier alpha value is -2.95. The van der Waals surface area contributed by atoms with Crippen LogP contribution < -0.4 is 20.7 Å². The highest BCUT2D eigenvalue weighted by molar-refractivity contribution is 6.04. The van der Waals surface area contributed by atoms with Crippen molar-refractivity contribution in [1.29, 1.82) is 0 Å². The third-order valence-corrected chi connectivity index (χ3v) is 4.99. The first-order chi connectivity index (χ1) is 14.5. The molecule has 1 saturated heterocycles. The number of aromatic nitrogens is 1. The van der Waals surface area contributed by atoms with Gasteiger partial charge in [0.05, 0.1) is 23.9 Å². The molecule has 2 atom stereocenters. The van der Waals surface area contributed by atoms with Gasteiger partial charge in [-0.05, 0) is 31.0 Å². The molecule has 6 nitrogen and oxygen atoms in total. The summed E-state index contributed by atoms with van der Waals surface area (Å²) >= 11 is 0. The number of ether oxygens (including phenoxy) is 1. The average Bonchev–Trinajstić information content (AvgIpc) is 3.11. The summed E-state index contributed by atoms with van der Waals surface area (Å²) < 4.78 is 72.0. The van der Waals surface area contributed by atoms with E-state index >= 15 is 0 Å².